The average molecular weight is 327 g/mol. The Bertz CT molecular complexity index is 850. The fourth-order valence-corrected chi connectivity index (χ4v) is 2.07. The second-order valence-corrected chi connectivity index (χ2v) is 4.97. The van der Waals surface area contributed by atoms with Gasteiger partial charge in [0.05, 0.1) is 0 Å². The lowest BCUT2D eigenvalue weighted by Crippen LogP contribution is -2.28. The third kappa shape index (κ3) is 3.51. The van der Waals surface area contributed by atoms with Crippen LogP contribution in [0.15, 0.2) is 42.7 Å². The summed E-state index contributed by atoms with van der Waals surface area (Å²) >= 11 is 0. The van der Waals surface area contributed by atoms with E-state index in [0.717, 1.165) is 5.56 Å². The molecule has 122 valence electrons. The van der Waals surface area contributed by atoms with E-state index < -0.39 is 11.8 Å². The largest absolute Gasteiger partial charge is 0.334 e. The molecule has 2 aromatic heterocycles. The first-order valence-electron chi connectivity index (χ1n) is 7.12. The van der Waals surface area contributed by atoms with Gasteiger partial charge >= 0.3 is 6.03 Å². The van der Waals surface area contributed by atoms with Crippen molar-refractivity contribution in [1.82, 2.24) is 30.5 Å². The molecular formula is C15H14FN7O. The number of carbonyl (C=O) groups excluding carboxylic acids is 1. The number of tetrazole rings is 1. The molecule has 2 amide bonds. The van der Waals surface area contributed by atoms with E-state index in [1.807, 2.05) is 0 Å². The minimum Gasteiger partial charge on any atom is -0.334 e. The first-order chi connectivity index (χ1) is 11.6. The number of rotatable bonds is 4. The van der Waals surface area contributed by atoms with Crippen molar-refractivity contribution in [3.63, 3.8) is 0 Å². The Morgan fingerprint density at radius 1 is 1.25 bits per heavy atom. The van der Waals surface area contributed by atoms with E-state index in [-0.39, 0.29) is 5.69 Å². The van der Waals surface area contributed by atoms with E-state index in [0.29, 0.717) is 18.1 Å². The van der Waals surface area contributed by atoms with Gasteiger partial charge in [-0.25, -0.2) is 9.18 Å². The zero-order valence-corrected chi connectivity index (χ0v) is 12.8. The molecule has 0 radical (unpaired) electrons. The second kappa shape index (κ2) is 6.82. The van der Waals surface area contributed by atoms with Gasteiger partial charge in [-0.2, -0.15) is 4.68 Å². The molecule has 0 fully saturated rings. The van der Waals surface area contributed by atoms with E-state index in [1.165, 1.54) is 22.9 Å². The highest BCUT2D eigenvalue weighted by atomic mass is 19.1. The first kappa shape index (κ1) is 15.5. The fraction of sp³-hybridized carbons (Fsp3) is 0.133. The van der Waals surface area contributed by atoms with Crippen LogP contribution in [0, 0.1) is 12.7 Å². The summed E-state index contributed by atoms with van der Waals surface area (Å²) in [6, 6.07) is 7.37. The van der Waals surface area contributed by atoms with Crippen molar-refractivity contribution in [1.29, 1.82) is 0 Å². The highest BCUT2D eigenvalue weighted by molar-refractivity contribution is 5.89. The van der Waals surface area contributed by atoms with Crippen LogP contribution in [0.25, 0.3) is 5.69 Å². The van der Waals surface area contributed by atoms with Crippen molar-refractivity contribution >= 4 is 11.7 Å². The first-order valence-corrected chi connectivity index (χ1v) is 7.12. The summed E-state index contributed by atoms with van der Waals surface area (Å²) in [5.41, 5.74) is 1.50. The summed E-state index contributed by atoms with van der Waals surface area (Å²) in [4.78, 5) is 15.9. The number of carbonyl (C=O) groups is 1. The zero-order chi connectivity index (χ0) is 16.9. The molecule has 0 unspecified atom stereocenters. The molecule has 3 aromatic rings. The van der Waals surface area contributed by atoms with Crippen LogP contribution >= 0.6 is 0 Å². The minimum absolute atomic E-state index is 0.157. The van der Waals surface area contributed by atoms with Gasteiger partial charge in [0.2, 0.25) is 0 Å². The van der Waals surface area contributed by atoms with Gasteiger partial charge in [0.1, 0.15) is 11.5 Å². The summed E-state index contributed by atoms with van der Waals surface area (Å²) in [7, 11) is 0. The van der Waals surface area contributed by atoms with Crippen molar-refractivity contribution in [3.05, 3.63) is 59.9 Å². The molecule has 2 heterocycles. The highest BCUT2D eigenvalue weighted by Crippen LogP contribution is 2.18. The predicted octanol–water partition coefficient (Wildman–Crippen LogP) is 1.83. The van der Waals surface area contributed by atoms with Gasteiger partial charge in [-0.05, 0) is 53.2 Å². The maximum Gasteiger partial charge on any atom is 0.319 e. The van der Waals surface area contributed by atoms with Gasteiger partial charge in [0, 0.05) is 24.6 Å². The molecule has 8 nitrogen and oxygen atoms in total. The number of aryl methyl sites for hydroxylation is 1. The van der Waals surface area contributed by atoms with Crippen molar-refractivity contribution in [2.24, 2.45) is 0 Å². The molecule has 9 heteroatoms. The van der Waals surface area contributed by atoms with Crippen LogP contribution in [0.3, 0.4) is 0 Å². The molecular weight excluding hydrogens is 313 g/mol. The Morgan fingerprint density at radius 2 is 2.04 bits per heavy atom. The Balaban J connectivity index is 1.69. The molecule has 3 rings (SSSR count). The smallest absolute Gasteiger partial charge is 0.319 e. The van der Waals surface area contributed by atoms with Gasteiger partial charge in [0.25, 0.3) is 0 Å². The summed E-state index contributed by atoms with van der Waals surface area (Å²) < 4.78 is 15.2. The lowest BCUT2D eigenvalue weighted by atomic mass is 10.2. The maximum atomic E-state index is 14.0. The quantitative estimate of drug-likeness (QED) is 0.762. The molecule has 1 aromatic carbocycles. The molecule has 24 heavy (non-hydrogen) atoms. The van der Waals surface area contributed by atoms with E-state index >= 15 is 0 Å². The summed E-state index contributed by atoms with van der Waals surface area (Å²) in [6.07, 6.45) is 3.30. The van der Waals surface area contributed by atoms with E-state index in [2.05, 4.69) is 31.1 Å². The number of nitrogens with one attached hydrogen (secondary N) is 2. The molecule has 0 spiro atoms. The van der Waals surface area contributed by atoms with Crippen LogP contribution in [0.2, 0.25) is 0 Å². The van der Waals surface area contributed by atoms with Gasteiger partial charge in [-0.15, -0.1) is 5.10 Å². The van der Waals surface area contributed by atoms with Gasteiger partial charge in [0.15, 0.2) is 5.82 Å². The van der Waals surface area contributed by atoms with Crippen LogP contribution in [0.4, 0.5) is 14.9 Å². The average Bonchev–Trinajstić information content (AvgIpc) is 3.01. The molecule has 0 bridgehead atoms. The van der Waals surface area contributed by atoms with Crippen molar-refractivity contribution in [2.45, 2.75) is 13.5 Å². The molecule has 2 N–H and O–H groups in total. The van der Waals surface area contributed by atoms with E-state index in [9.17, 15) is 9.18 Å². The number of urea groups is 1. The molecule has 0 aliphatic carbocycles. The predicted molar refractivity (Wildman–Crippen MR) is 83.9 cm³/mol. The number of nitrogens with zero attached hydrogens (tertiary/aromatic N) is 5. The Labute approximate surface area is 136 Å². The monoisotopic (exact) mass is 327 g/mol. The molecule has 0 aliphatic heterocycles. The number of benzene rings is 1. The standard InChI is InChI=1S/C15H14FN7O/c1-10-20-21-22-23(10)14-8-12(2-3-13(14)16)19-15(24)18-9-11-4-6-17-7-5-11/h2-8H,9H2,1H3,(H2,18,19,24). The third-order valence-electron chi connectivity index (χ3n) is 3.26. The number of hydrogen-bond donors (Lipinski definition) is 2. The number of pyridine rings is 1. The number of anilines is 1. The third-order valence-corrected chi connectivity index (χ3v) is 3.26. The summed E-state index contributed by atoms with van der Waals surface area (Å²) in [5, 5.41) is 16.3. The number of hydrogen-bond acceptors (Lipinski definition) is 5. The van der Waals surface area contributed by atoms with E-state index in [1.54, 1.807) is 31.5 Å². The maximum absolute atomic E-state index is 14.0. The zero-order valence-electron chi connectivity index (χ0n) is 12.8. The van der Waals surface area contributed by atoms with Crippen molar-refractivity contribution in [2.75, 3.05) is 5.32 Å². The summed E-state index contributed by atoms with van der Waals surface area (Å²) in [5.74, 6) is -0.0543. The molecule has 0 aliphatic rings. The molecule has 0 atom stereocenters. The van der Waals surface area contributed by atoms with E-state index in [4.69, 9.17) is 0 Å². The van der Waals surface area contributed by atoms with Gasteiger partial charge < -0.3 is 10.6 Å². The minimum atomic E-state index is -0.492. The SMILES string of the molecule is Cc1nnnn1-c1cc(NC(=O)NCc2ccncc2)ccc1F. The lowest BCUT2D eigenvalue weighted by Gasteiger charge is -2.10. The van der Waals surface area contributed by atoms with Crippen molar-refractivity contribution in [3.8, 4) is 5.69 Å². The van der Waals surface area contributed by atoms with Crippen LogP contribution in [0.5, 0.6) is 0 Å². The highest BCUT2D eigenvalue weighted by Gasteiger charge is 2.11. The lowest BCUT2D eigenvalue weighted by molar-refractivity contribution is 0.251. The number of aromatic nitrogens is 5. The van der Waals surface area contributed by atoms with Crippen LogP contribution in [-0.2, 0) is 6.54 Å². The fourth-order valence-electron chi connectivity index (χ4n) is 2.07. The molecule has 0 saturated carbocycles. The number of amides is 2. The Hall–Kier alpha value is -3.36. The van der Waals surface area contributed by atoms with Crippen LogP contribution in [0.1, 0.15) is 11.4 Å². The van der Waals surface area contributed by atoms with Crippen molar-refractivity contribution < 1.29 is 9.18 Å². The van der Waals surface area contributed by atoms with Gasteiger partial charge in [-0.3, -0.25) is 4.98 Å². The second-order valence-electron chi connectivity index (χ2n) is 4.97. The van der Waals surface area contributed by atoms with Crippen LogP contribution < -0.4 is 10.6 Å². The Kier molecular flexibility index (Phi) is 4.41. The molecule has 0 saturated heterocycles. The summed E-state index contributed by atoms with van der Waals surface area (Å²) in [6.45, 7) is 2.01. The Morgan fingerprint density at radius 3 is 2.75 bits per heavy atom. The number of halogens is 1. The van der Waals surface area contributed by atoms with Gasteiger partial charge in [-0.1, -0.05) is 0 Å². The normalized spacial score (nSPS) is 10.4. The topological polar surface area (TPSA) is 97.6 Å². The van der Waals surface area contributed by atoms with Crippen LogP contribution in [-0.4, -0.2) is 31.2 Å².